The number of rotatable bonds is 4. The number of pyridine rings is 1. The van der Waals surface area contributed by atoms with Gasteiger partial charge in [-0.1, -0.05) is 6.07 Å². The summed E-state index contributed by atoms with van der Waals surface area (Å²) in [4.78, 5) is 14.5. The average molecular weight is 217 g/mol. The summed E-state index contributed by atoms with van der Waals surface area (Å²) in [6.45, 7) is 2.08. The van der Waals surface area contributed by atoms with Crippen molar-refractivity contribution >= 4 is 18.4 Å². The molecule has 0 aliphatic carbocycles. The number of aromatic nitrogens is 1. The van der Waals surface area contributed by atoms with E-state index in [-0.39, 0.29) is 12.4 Å². The number of carboxylic acid groups (broad SMARTS) is 1. The zero-order valence-corrected chi connectivity index (χ0v) is 8.62. The van der Waals surface area contributed by atoms with Gasteiger partial charge < -0.3 is 5.11 Å². The van der Waals surface area contributed by atoms with E-state index in [1.54, 1.807) is 13.1 Å². The monoisotopic (exact) mass is 216 g/mol. The summed E-state index contributed by atoms with van der Waals surface area (Å²) in [5, 5.41) is 11.4. The maximum Gasteiger partial charge on any atom is 0.320 e. The molecule has 1 aromatic rings. The van der Waals surface area contributed by atoms with Crippen LogP contribution in [0.5, 0.6) is 0 Å². The largest absolute Gasteiger partial charge is 0.480 e. The van der Waals surface area contributed by atoms with E-state index >= 15 is 0 Å². The van der Waals surface area contributed by atoms with E-state index in [4.69, 9.17) is 5.11 Å². The maximum absolute atomic E-state index is 10.4. The summed E-state index contributed by atoms with van der Waals surface area (Å²) in [5.74, 6) is -0.851. The molecule has 5 heteroatoms. The molecule has 14 heavy (non-hydrogen) atoms. The van der Waals surface area contributed by atoms with Crippen molar-refractivity contribution in [2.75, 3.05) is 0 Å². The van der Waals surface area contributed by atoms with Crippen LogP contribution in [0.2, 0.25) is 0 Å². The third-order valence-electron chi connectivity index (χ3n) is 1.69. The Kier molecular flexibility index (Phi) is 5.83. The Morgan fingerprint density at radius 1 is 1.64 bits per heavy atom. The second-order valence-corrected chi connectivity index (χ2v) is 2.76. The van der Waals surface area contributed by atoms with Crippen molar-refractivity contribution in [1.29, 1.82) is 0 Å². The molecule has 78 valence electrons. The number of nitrogens with one attached hydrogen (secondary N) is 1. The molecular weight excluding hydrogens is 204 g/mol. The van der Waals surface area contributed by atoms with Crippen molar-refractivity contribution < 1.29 is 9.90 Å². The highest BCUT2D eigenvalue weighted by atomic mass is 35.5. The maximum atomic E-state index is 10.4. The van der Waals surface area contributed by atoms with Gasteiger partial charge in [0.15, 0.2) is 0 Å². The minimum Gasteiger partial charge on any atom is -0.480 e. The highest BCUT2D eigenvalue weighted by molar-refractivity contribution is 5.85. The van der Waals surface area contributed by atoms with E-state index in [1.807, 2.05) is 18.2 Å². The van der Waals surface area contributed by atoms with Crippen molar-refractivity contribution in [2.24, 2.45) is 0 Å². The van der Waals surface area contributed by atoms with Crippen LogP contribution in [0.25, 0.3) is 0 Å². The first kappa shape index (κ1) is 12.9. The van der Waals surface area contributed by atoms with E-state index in [0.717, 1.165) is 5.69 Å². The van der Waals surface area contributed by atoms with Crippen molar-refractivity contribution in [3.05, 3.63) is 30.1 Å². The standard InChI is InChI=1S/C9H12N2O2.ClH/c1-7(9(12)13)11-6-8-4-2-3-5-10-8;/h2-5,7,11H,6H2,1H3,(H,12,13);1H/t7-;/m1./s1. The lowest BCUT2D eigenvalue weighted by Crippen LogP contribution is -2.33. The van der Waals surface area contributed by atoms with Gasteiger partial charge in [0.1, 0.15) is 6.04 Å². The molecule has 0 saturated heterocycles. The van der Waals surface area contributed by atoms with Gasteiger partial charge in [0.05, 0.1) is 5.69 Å². The van der Waals surface area contributed by atoms with E-state index < -0.39 is 12.0 Å². The van der Waals surface area contributed by atoms with Gasteiger partial charge in [-0.05, 0) is 19.1 Å². The van der Waals surface area contributed by atoms with Crippen LogP contribution in [0, 0.1) is 0 Å². The Balaban J connectivity index is 0.00000169. The van der Waals surface area contributed by atoms with E-state index in [1.165, 1.54) is 0 Å². The van der Waals surface area contributed by atoms with Crippen LogP contribution in [0.15, 0.2) is 24.4 Å². The first-order valence-electron chi connectivity index (χ1n) is 4.06. The highest BCUT2D eigenvalue weighted by Crippen LogP contribution is 1.93. The Labute approximate surface area is 88.8 Å². The second kappa shape index (κ2) is 6.34. The van der Waals surface area contributed by atoms with Crippen LogP contribution in [-0.4, -0.2) is 22.1 Å². The minimum atomic E-state index is -0.851. The fraction of sp³-hybridized carbons (Fsp3) is 0.333. The lowest BCUT2D eigenvalue weighted by atomic mass is 10.3. The Hall–Kier alpha value is -1.13. The average Bonchev–Trinajstić information content (AvgIpc) is 2.15. The van der Waals surface area contributed by atoms with Gasteiger partial charge in [0.25, 0.3) is 0 Å². The molecule has 0 unspecified atom stereocenters. The second-order valence-electron chi connectivity index (χ2n) is 2.76. The number of halogens is 1. The summed E-state index contributed by atoms with van der Waals surface area (Å²) in [6.07, 6.45) is 1.68. The van der Waals surface area contributed by atoms with Crippen LogP contribution in [0.3, 0.4) is 0 Å². The van der Waals surface area contributed by atoms with Crippen molar-refractivity contribution in [3.63, 3.8) is 0 Å². The zero-order valence-electron chi connectivity index (χ0n) is 7.80. The molecular formula is C9H13ClN2O2. The Morgan fingerprint density at radius 3 is 2.86 bits per heavy atom. The molecule has 1 rings (SSSR count). The molecule has 0 fully saturated rings. The zero-order chi connectivity index (χ0) is 9.68. The number of carboxylic acids is 1. The summed E-state index contributed by atoms with van der Waals surface area (Å²) < 4.78 is 0. The number of nitrogens with zero attached hydrogens (tertiary/aromatic N) is 1. The number of hydrogen-bond acceptors (Lipinski definition) is 3. The molecule has 0 aliphatic rings. The smallest absolute Gasteiger partial charge is 0.320 e. The first-order chi connectivity index (χ1) is 6.20. The molecule has 0 bridgehead atoms. The van der Waals surface area contributed by atoms with Gasteiger partial charge in [-0.25, -0.2) is 0 Å². The molecule has 1 aromatic heterocycles. The van der Waals surface area contributed by atoms with Crippen molar-refractivity contribution in [3.8, 4) is 0 Å². The Bertz CT molecular complexity index is 279. The third-order valence-corrected chi connectivity index (χ3v) is 1.69. The van der Waals surface area contributed by atoms with Crippen LogP contribution < -0.4 is 5.32 Å². The molecule has 0 saturated carbocycles. The molecule has 0 radical (unpaired) electrons. The van der Waals surface area contributed by atoms with Crippen LogP contribution in [0.1, 0.15) is 12.6 Å². The third kappa shape index (κ3) is 4.20. The summed E-state index contributed by atoms with van der Waals surface area (Å²) in [5.41, 5.74) is 0.843. The van der Waals surface area contributed by atoms with Gasteiger partial charge in [-0.15, -0.1) is 12.4 Å². The quantitative estimate of drug-likeness (QED) is 0.790. The van der Waals surface area contributed by atoms with Crippen LogP contribution >= 0.6 is 12.4 Å². The molecule has 1 atom stereocenters. The van der Waals surface area contributed by atoms with Gasteiger partial charge in [0, 0.05) is 12.7 Å². The highest BCUT2D eigenvalue weighted by Gasteiger charge is 2.08. The number of aliphatic carboxylic acids is 1. The van der Waals surface area contributed by atoms with Gasteiger partial charge >= 0.3 is 5.97 Å². The molecule has 2 N–H and O–H groups in total. The lowest BCUT2D eigenvalue weighted by Gasteiger charge is -2.07. The van der Waals surface area contributed by atoms with Crippen LogP contribution in [0.4, 0.5) is 0 Å². The fourth-order valence-corrected chi connectivity index (χ4v) is 0.848. The van der Waals surface area contributed by atoms with Crippen molar-refractivity contribution in [2.45, 2.75) is 19.5 Å². The minimum absolute atomic E-state index is 0. The summed E-state index contributed by atoms with van der Waals surface area (Å²) >= 11 is 0. The summed E-state index contributed by atoms with van der Waals surface area (Å²) in [7, 11) is 0. The predicted octanol–water partition coefficient (Wildman–Crippen LogP) is 1.07. The molecule has 0 aromatic carbocycles. The van der Waals surface area contributed by atoms with E-state index in [9.17, 15) is 4.79 Å². The van der Waals surface area contributed by atoms with Gasteiger partial charge in [-0.3, -0.25) is 15.1 Å². The Morgan fingerprint density at radius 2 is 2.36 bits per heavy atom. The lowest BCUT2D eigenvalue weighted by molar-refractivity contribution is -0.139. The van der Waals surface area contributed by atoms with Crippen molar-refractivity contribution in [1.82, 2.24) is 10.3 Å². The number of hydrogen-bond donors (Lipinski definition) is 2. The predicted molar refractivity (Wildman–Crippen MR) is 55.4 cm³/mol. The molecule has 0 spiro atoms. The van der Waals surface area contributed by atoms with Gasteiger partial charge in [-0.2, -0.15) is 0 Å². The number of carbonyl (C=O) groups is 1. The fourth-order valence-electron chi connectivity index (χ4n) is 0.848. The summed E-state index contributed by atoms with van der Waals surface area (Å²) in [6, 6.07) is 5.00. The topological polar surface area (TPSA) is 62.2 Å². The van der Waals surface area contributed by atoms with Crippen LogP contribution in [-0.2, 0) is 11.3 Å². The molecule has 0 aliphatic heterocycles. The van der Waals surface area contributed by atoms with E-state index in [2.05, 4.69) is 10.3 Å². The SMILES string of the molecule is C[C@@H](NCc1ccccn1)C(=O)O.Cl. The molecule has 4 nitrogen and oxygen atoms in total. The first-order valence-corrected chi connectivity index (χ1v) is 4.06. The molecule has 1 heterocycles. The van der Waals surface area contributed by atoms with Gasteiger partial charge in [0.2, 0.25) is 0 Å². The normalized spacial score (nSPS) is 11.5. The van der Waals surface area contributed by atoms with E-state index in [0.29, 0.717) is 6.54 Å². The molecule has 0 amide bonds.